The largest absolute Gasteiger partial charge is 0.468 e. The van der Waals surface area contributed by atoms with Gasteiger partial charge in [-0.2, -0.15) is 0 Å². The number of aromatic amines is 1. The van der Waals surface area contributed by atoms with Crippen LogP contribution in [0.4, 0.5) is 0 Å². The molecule has 0 spiro atoms. The number of hydrogen-bond acceptors (Lipinski definition) is 3. The minimum Gasteiger partial charge on any atom is -0.468 e. The highest BCUT2D eigenvalue weighted by Gasteiger charge is 2.60. The van der Waals surface area contributed by atoms with Gasteiger partial charge in [-0.3, -0.25) is 9.69 Å². The fourth-order valence-corrected chi connectivity index (χ4v) is 5.71. The number of esters is 1. The average molecular weight is 336 g/mol. The number of nitrogens with zero attached hydrogens (tertiary/aromatic N) is 1. The van der Waals surface area contributed by atoms with Crippen LogP contribution in [-0.2, 0) is 21.4 Å². The van der Waals surface area contributed by atoms with E-state index in [0.29, 0.717) is 5.92 Å². The number of nitrogens with one attached hydrogen (secondary N) is 1. The summed E-state index contributed by atoms with van der Waals surface area (Å²) in [4.78, 5) is 19.4. The molecule has 0 saturated carbocycles. The third-order valence-electron chi connectivity index (χ3n) is 6.55. The van der Waals surface area contributed by atoms with Gasteiger partial charge in [-0.15, -0.1) is 0 Å². The van der Waals surface area contributed by atoms with Crippen molar-refractivity contribution < 1.29 is 9.53 Å². The van der Waals surface area contributed by atoms with Gasteiger partial charge in [0, 0.05) is 29.7 Å². The van der Waals surface area contributed by atoms with E-state index in [0.717, 1.165) is 43.6 Å². The number of H-pyrrole nitrogens is 1. The average Bonchev–Trinajstić information content (AvgIpc) is 3.00. The van der Waals surface area contributed by atoms with Crippen LogP contribution in [0.1, 0.15) is 31.0 Å². The monoisotopic (exact) mass is 336 g/mol. The Labute approximate surface area is 147 Å². The second-order valence-electron chi connectivity index (χ2n) is 7.69. The number of carbonyl (C=O) groups excluding carboxylic acids is 1. The molecule has 4 atom stereocenters. The van der Waals surface area contributed by atoms with Crippen LogP contribution in [0.25, 0.3) is 10.9 Å². The van der Waals surface area contributed by atoms with E-state index < -0.39 is 5.41 Å². The van der Waals surface area contributed by atoms with Gasteiger partial charge in [0.1, 0.15) is 5.41 Å². The third kappa shape index (κ3) is 1.83. The normalized spacial score (nSPS) is 32.9. The van der Waals surface area contributed by atoms with E-state index in [4.69, 9.17) is 4.74 Å². The Kier molecular flexibility index (Phi) is 3.17. The Morgan fingerprint density at radius 2 is 2.24 bits per heavy atom. The van der Waals surface area contributed by atoms with Crippen molar-refractivity contribution in [2.24, 2.45) is 5.92 Å². The molecule has 4 bridgehead atoms. The topological polar surface area (TPSA) is 45.3 Å². The second-order valence-corrected chi connectivity index (χ2v) is 7.69. The van der Waals surface area contributed by atoms with Crippen LogP contribution in [0.5, 0.6) is 0 Å². The summed E-state index contributed by atoms with van der Waals surface area (Å²) < 4.78 is 5.41. The molecule has 0 amide bonds. The lowest BCUT2D eigenvalue weighted by Crippen LogP contribution is -2.63. The van der Waals surface area contributed by atoms with E-state index in [9.17, 15) is 4.79 Å². The van der Waals surface area contributed by atoms with Crippen LogP contribution >= 0.6 is 0 Å². The highest BCUT2D eigenvalue weighted by atomic mass is 16.5. The maximum Gasteiger partial charge on any atom is 0.319 e. The minimum atomic E-state index is -0.595. The van der Waals surface area contributed by atoms with Crippen LogP contribution in [-0.4, -0.2) is 42.1 Å². The first-order valence-corrected chi connectivity index (χ1v) is 9.32. The van der Waals surface area contributed by atoms with E-state index in [1.165, 1.54) is 23.6 Å². The van der Waals surface area contributed by atoms with Gasteiger partial charge >= 0.3 is 5.97 Å². The standard InChI is InChI=1S/C21H24N2O2/c1-3-14-10-13-11-21(20(24)25-2)18-16(8-9-23(12-13)19(14)21)15-6-4-5-7-17(15)22-18/h4-7,10,13,19,22H,3,8-9,11-12H2,1-2H3/t13?,19-,21?/m0/s1. The van der Waals surface area contributed by atoms with Crippen LogP contribution in [0, 0.1) is 5.92 Å². The number of hydrogen-bond donors (Lipinski definition) is 1. The summed E-state index contributed by atoms with van der Waals surface area (Å²) in [6.45, 7) is 4.28. The molecule has 4 heterocycles. The van der Waals surface area contributed by atoms with Crippen molar-refractivity contribution in [2.45, 2.75) is 37.6 Å². The van der Waals surface area contributed by atoms with E-state index >= 15 is 0 Å². The highest BCUT2D eigenvalue weighted by Crippen LogP contribution is 2.52. The molecule has 1 fully saturated rings. The van der Waals surface area contributed by atoms with E-state index in [-0.39, 0.29) is 12.0 Å². The molecule has 1 aromatic heterocycles. The van der Waals surface area contributed by atoms with Crippen molar-refractivity contribution in [1.29, 1.82) is 0 Å². The maximum atomic E-state index is 13.2. The molecule has 25 heavy (non-hydrogen) atoms. The van der Waals surface area contributed by atoms with Gasteiger partial charge < -0.3 is 9.72 Å². The molecule has 2 aromatic rings. The number of rotatable bonds is 2. The van der Waals surface area contributed by atoms with Crippen molar-refractivity contribution in [2.75, 3.05) is 20.2 Å². The Hall–Kier alpha value is -2.07. The summed E-state index contributed by atoms with van der Waals surface area (Å²) in [6.07, 6.45) is 5.25. The van der Waals surface area contributed by atoms with E-state index in [2.05, 4.69) is 47.1 Å². The lowest BCUT2D eigenvalue weighted by Gasteiger charge is -2.53. The first-order chi connectivity index (χ1) is 12.2. The van der Waals surface area contributed by atoms with Gasteiger partial charge in [-0.1, -0.05) is 36.8 Å². The van der Waals surface area contributed by atoms with Crippen LogP contribution < -0.4 is 0 Å². The molecule has 4 heteroatoms. The van der Waals surface area contributed by atoms with E-state index in [1.54, 1.807) is 0 Å². The zero-order valence-electron chi connectivity index (χ0n) is 14.8. The summed E-state index contributed by atoms with van der Waals surface area (Å²) in [5.41, 5.74) is 4.36. The first-order valence-electron chi connectivity index (χ1n) is 9.32. The van der Waals surface area contributed by atoms with Crippen molar-refractivity contribution in [1.82, 2.24) is 9.88 Å². The third-order valence-corrected chi connectivity index (χ3v) is 6.55. The van der Waals surface area contributed by atoms with Gasteiger partial charge in [0.25, 0.3) is 0 Å². The lowest BCUT2D eigenvalue weighted by atomic mass is 9.60. The number of methoxy groups -OCH3 is 1. The molecule has 4 nitrogen and oxygen atoms in total. The van der Waals surface area contributed by atoms with Crippen LogP contribution in [0.3, 0.4) is 0 Å². The number of para-hydroxylation sites is 1. The quantitative estimate of drug-likeness (QED) is 0.677. The Bertz CT molecular complexity index is 896. The lowest BCUT2D eigenvalue weighted by molar-refractivity contribution is -0.153. The maximum absolute atomic E-state index is 13.2. The Balaban J connectivity index is 1.83. The Morgan fingerprint density at radius 3 is 3.04 bits per heavy atom. The number of fused-ring (bicyclic) bond motifs is 3. The molecular formula is C21H24N2O2. The number of ether oxygens (including phenoxy) is 1. The van der Waals surface area contributed by atoms with Crippen molar-refractivity contribution in [3.8, 4) is 0 Å². The van der Waals surface area contributed by atoms with Crippen molar-refractivity contribution in [3.05, 3.63) is 47.2 Å². The predicted octanol–water partition coefficient (Wildman–Crippen LogP) is 3.18. The fourth-order valence-electron chi connectivity index (χ4n) is 5.71. The predicted molar refractivity (Wildman–Crippen MR) is 97.5 cm³/mol. The molecule has 4 aliphatic rings. The smallest absolute Gasteiger partial charge is 0.319 e. The van der Waals surface area contributed by atoms with Gasteiger partial charge in [-0.05, 0) is 36.8 Å². The molecular weight excluding hydrogens is 312 g/mol. The summed E-state index contributed by atoms with van der Waals surface area (Å²) in [7, 11) is 1.53. The first kappa shape index (κ1) is 15.2. The molecule has 1 aliphatic carbocycles. The minimum absolute atomic E-state index is 0.0824. The molecule has 6 rings (SSSR count). The number of aromatic nitrogens is 1. The molecule has 3 unspecified atom stereocenters. The SMILES string of the molecule is CCC1=CC2CN3CCc4c([nH]c5ccccc45)C(C(=O)OC)(C2)[C@H]13. The summed E-state index contributed by atoms with van der Waals surface area (Å²) >= 11 is 0. The zero-order chi connectivity index (χ0) is 17.2. The summed E-state index contributed by atoms with van der Waals surface area (Å²) in [5, 5.41) is 1.26. The van der Waals surface area contributed by atoms with Gasteiger partial charge in [0.05, 0.1) is 13.2 Å². The van der Waals surface area contributed by atoms with E-state index in [1.807, 2.05) is 0 Å². The zero-order valence-corrected chi connectivity index (χ0v) is 14.8. The van der Waals surface area contributed by atoms with Crippen molar-refractivity contribution >= 4 is 16.9 Å². The number of piperidine rings is 1. The van der Waals surface area contributed by atoms with Crippen LogP contribution in [0.15, 0.2) is 35.9 Å². The fraction of sp³-hybridized carbons (Fsp3) is 0.476. The summed E-state index contributed by atoms with van der Waals surface area (Å²) in [6, 6.07) is 8.56. The Morgan fingerprint density at radius 1 is 1.40 bits per heavy atom. The molecule has 3 aliphatic heterocycles. The van der Waals surface area contributed by atoms with Gasteiger partial charge in [0.15, 0.2) is 0 Å². The second kappa shape index (κ2) is 5.21. The van der Waals surface area contributed by atoms with Crippen molar-refractivity contribution in [3.63, 3.8) is 0 Å². The molecule has 1 N–H and O–H groups in total. The molecule has 1 saturated heterocycles. The molecule has 130 valence electrons. The highest BCUT2D eigenvalue weighted by molar-refractivity contribution is 5.92. The van der Waals surface area contributed by atoms with Gasteiger partial charge in [-0.25, -0.2) is 0 Å². The van der Waals surface area contributed by atoms with Crippen LogP contribution in [0.2, 0.25) is 0 Å². The molecule has 1 aromatic carbocycles. The number of benzene rings is 1. The van der Waals surface area contributed by atoms with Gasteiger partial charge in [0.2, 0.25) is 0 Å². The summed E-state index contributed by atoms with van der Waals surface area (Å²) in [5.74, 6) is 0.345. The molecule has 0 radical (unpaired) electrons. The number of carbonyl (C=O) groups is 1.